The van der Waals surface area contributed by atoms with Gasteiger partial charge >= 0.3 is 6.09 Å². The lowest BCUT2D eigenvalue weighted by molar-refractivity contribution is -0.133. The van der Waals surface area contributed by atoms with E-state index in [-0.39, 0.29) is 0 Å². The number of primary amides is 1. The minimum absolute atomic E-state index is 0.676. The van der Waals surface area contributed by atoms with Gasteiger partial charge in [0.2, 0.25) is 0 Å². The molecule has 16 heavy (non-hydrogen) atoms. The van der Waals surface area contributed by atoms with Crippen LogP contribution in [0.15, 0.2) is 25.3 Å². The maximum Gasteiger partial charge on any atom is 0.404 e. The number of ketones is 2. The first-order valence-electron chi connectivity index (χ1n) is 4.37. The van der Waals surface area contributed by atoms with E-state index in [2.05, 4.69) is 17.9 Å². The van der Waals surface area contributed by atoms with Gasteiger partial charge < -0.3 is 15.6 Å². The Labute approximate surface area is 92.4 Å². The highest BCUT2D eigenvalue weighted by Crippen LogP contribution is 2.12. The number of aliphatic hydroxyl groups is 1. The van der Waals surface area contributed by atoms with Crippen LogP contribution in [0.2, 0.25) is 0 Å². The Morgan fingerprint density at radius 3 is 1.94 bits per heavy atom. The van der Waals surface area contributed by atoms with Crippen molar-refractivity contribution >= 4 is 17.7 Å². The first-order chi connectivity index (χ1) is 7.47. The van der Waals surface area contributed by atoms with E-state index in [0.717, 1.165) is 12.2 Å². The number of rotatable bonds is 7. The molecule has 0 radical (unpaired) electrons. The number of carbonyl (C=O) groups excluding carboxylic acids is 3. The van der Waals surface area contributed by atoms with Crippen molar-refractivity contribution in [2.75, 3.05) is 6.61 Å². The van der Waals surface area contributed by atoms with Crippen LogP contribution in [0.4, 0.5) is 4.79 Å². The largest absolute Gasteiger partial charge is 0.443 e. The highest BCUT2D eigenvalue weighted by atomic mass is 16.6. The summed E-state index contributed by atoms with van der Waals surface area (Å²) in [6, 6.07) is 0. The summed E-state index contributed by atoms with van der Waals surface area (Å²) in [6.07, 6.45) is -0.704. The van der Waals surface area contributed by atoms with Crippen molar-refractivity contribution in [2.24, 2.45) is 11.7 Å². The van der Waals surface area contributed by atoms with Gasteiger partial charge in [-0.15, -0.1) is 0 Å². The van der Waals surface area contributed by atoms with Gasteiger partial charge in [0, 0.05) is 0 Å². The van der Waals surface area contributed by atoms with Crippen molar-refractivity contribution in [3.05, 3.63) is 25.3 Å². The molecule has 6 heteroatoms. The number of aliphatic hydroxyl groups excluding tert-OH is 1. The second-order valence-corrected chi connectivity index (χ2v) is 2.85. The molecule has 0 aliphatic carbocycles. The lowest BCUT2D eigenvalue weighted by Gasteiger charge is -2.20. The van der Waals surface area contributed by atoms with E-state index in [1.54, 1.807) is 0 Å². The van der Waals surface area contributed by atoms with Crippen molar-refractivity contribution < 1.29 is 24.2 Å². The summed E-state index contributed by atoms with van der Waals surface area (Å²) in [5.41, 5.74) is 4.74. The number of amides is 1. The van der Waals surface area contributed by atoms with Crippen molar-refractivity contribution in [1.82, 2.24) is 0 Å². The van der Waals surface area contributed by atoms with Crippen LogP contribution in [-0.4, -0.2) is 35.5 Å². The molecule has 1 amide bonds. The third kappa shape index (κ3) is 3.66. The van der Waals surface area contributed by atoms with E-state index in [1.807, 2.05) is 0 Å². The number of allylic oxidation sites excluding steroid dienone is 2. The quantitative estimate of drug-likeness (QED) is 0.453. The predicted molar refractivity (Wildman–Crippen MR) is 55.4 cm³/mol. The van der Waals surface area contributed by atoms with E-state index in [9.17, 15) is 14.4 Å². The van der Waals surface area contributed by atoms with Crippen LogP contribution in [0.5, 0.6) is 0 Å². The SMILES string of the molecule is C=CC(=O)C(C(=O)C=C)C(CO)OC(N)=O. The fourth-order valence-corrected chi connectivity index (χ4v) is 1.12. The van der Waals surface area contributed by atoms with Gasteiger partial charge in [0.05, 0.1) is 6.61 Å². The number of ether oxygens (including phenoxy) is 1. The second kappa shape index (κ2) is 6.52. The minimum Gasteiger partial charge on any atom is -0.443 e. The minimum atomic E-state index is -1.35. The van der Waals surface area contributed by atoms with Gasteiger partial charge in [-0.05, 0) is 12.2 Å². The molecule has 88 valence electrons. The van der Waals surface area contributed by atoms with Gasteiger partial charge in [-0.2, -0.15) is 0 Å². The normalized spacial score (nSPS) is 11.6. The van der Waals surface area contributed by atoms with Crippen LogP contribution in [0, 0.1) is 5.92 Å². The summed E-state index contributed by atoms with van der Waals surface area (Å²) in [7, 11) is 0. The molecular weight excluding hydrogens is 214 g/mol. The Balaban J connectivity index is 5.04. The fourth-order valence-electron chi connectivity index (χ4n) is 1.12. The first-order valence-corrected chi connectivity index (χ1v) is 4.37. The molecule has 0 spiro atoms. The van der Waals surface area contributed by atoms with Gasteiger partial charge in [-0.3, -0.25) is 9.59 Å². The summed E-state index contributed by atoms with van der Waals surface area (Å²) >= 11 is 0. The molecule has 0 bridgehead atoms. The van der Waals surface area contributed by atoms with Crippen LogP contribution >= 0.6 is 0 Å². The molecule has 0 aliphatic rings. The van der Waals surface area contributed by atoms with E-state index in [4.69, 9.17) is 10.8 Å². The zero-order valence-corrected chi connectivity index (χ0v) is 8.59. The zero-order valence-electron chi connectivity index (χ0n) is 8.59. The maximum atomic E-state index is 11.4. The molecule has 0 saturated carbocycles. The van der Waals surface area contributed by atoms with Crippen LogP contribution < -0.4 is 5.73 Å². The molecule has 3 N–H and O–H groups in total. The fraction of sp³-hybridized carbons (Fsp3) is 0.300. The molecular formula is C10H13NO5. The monoisotopic (exact) mass is 227 g/mol. The summed E-state index contributed by atoms with van der Waals surface area (Å²) < 4.78 is 4.46. The van der Waals surface area contributed by atoms with E-state index >= 15 is 0 Å². The Morgan fingerprint density at radius 1 is 1.25 bits per heavy atom. The highest BCUT2D eigenvalue weighted by molar-refractivity contribution is 6.11. The Kier molecular flexibility index (Phi) is 5.72. The molecule has 0 rings (SSSR count). The van der Waals surface area contributed by atoms with Crippen molar-refractivity contribution in [1.29, 1.82) is 0 Å². The lowest BCUT2D eigenvalue weighted by atomic mass is 9.92. The van der Waals surface area contributed by atoms with Crippen LogP contribution in [0.3, 0.4) is 0 Å². The van der Waals surface area contributed by atoms with Crippen LogP contribution in [-0.2, 0) is 14.3 Å². The topological polar surface area (TPSA) is 107 Å². The molecule has 0 saturated heterocycles. The summed E-state index contributed by atoms with van der Waals surface area (Å²) in [5.74, 6) is -2.71. The molecule has 1 atom stereocenters. The third-order valence-corrected chi connectivity index (χ3v) is 1.83. The first kappa shape index (κ1) is 14.1. The Hall–Kier alpha value is -1.95. The third-order valence-electron chi connectivity index (χ3n) is 1.83. The maximum absolute atomic E-state index is 11.4. The number of nitrogens with two attached hydrogens (primary N) is 1. The van der Waals surface area contributed by atoms with Gasteiger partial charge in [0.1, 0.15) is 12.0 Å². The van der Waals surface area contributed by atoms with E-state index in [1.165, 1.54) is 0 Å². The Morgan fingerprint density at radius 2 is 1.69 bits per heavy atom. The predicted octanol–water partition coefficient (Wildman–Crippen LogP) is -0.431. The van der Waals surface area contributed by atoms with Crippen LogP contribution in [0.1, 0.15) is 0 Å². The summed E-state index contributed by atoms with van der Waals surface area (Å²) in [6.45, 7) is 5.71. The Bertz CT molecular complexity index is 303. The summed E-state index contributed by atoms with van der Waals surface area (Å²) in [5, 5.41) is 8.93. The molecule has 0 aromatic heterocycles. The average molecular weight is 227 g/mol. The van der Waals surface area contributed by atoms with Crippen LogP contribution in [0.25, 0.3) is 0 Å². The lowest BCUT2D eigenvalue weighted by Crippen LogP contribution is -2.40. The van der Waals surface area contributed by atoms with Gasteiger partial charge in [0.15, 0.2) is 11.6 Å². The van der Waals surface area contributed by atoms with Gasteiger partial charge in [-0.1, -0.05) is 13.2 Å². The van der Waals surface area contributed by atoms with Gasteiger partial charge in [0.25, 0.3) is 0 Å². The standard InChI is InChI=1S/C10H13NO5/c1-3-6(13)9(7(14)4-2)8(5-12)16-10(11)15/h3-4,8-9,12H,1-2,5H2,(H2,11,15). The van der Waals surface area contributed by atoms with E-state index in [0.29, 0.717) is 0 Å². The number of hydrogen-bond acceptors (Lipinski definition) is 5. The van der Waals surface area contributed by atoms with Gasteiger partial charge in [-0.25, -0.2) is 4.79 Å². The smallest absolute Gasteiger partial charge is 0.404 e. The number of carbonyl (C=O) groups is 3. The number of hydrogen-bond donors (Lipinski definition) is 2. The average Bonchev–Trinajstić information content (AvgIpc) is 2.26. The summed E-state index contributed by atoms with van der Waals surface area (Å²) in [4.78, 5) is 33.2. The van der Waals surface area contributed by atoms with Crippen molar-refractivity contribution in [3.63, 3.8) is 0 Å². The second-order valence-electron chi connectivity index (χ2n) is 2.85. The van der Waals surface area contributed by atoms with E-state index < -0.39 is 36.3 Å². The highest BCUT2D eigenvalue weighted by Gasteiger charge is 2.33. The molecule has 0 fully saturated rings. The molecule has 0 heterocycles. The molecule has 0 aromatic carbocycles. The van der Waals surface area contributed by atoms with Crippen molar-refractivity contribution in [3.8, 4) is 0 Å². The molecule has 1 unspecified atom stereocenters. The molecule has 0 aliphatic heterocycles. The molecule has 0 aromatic rings. The molecule has 6 nitrogen and oxygen atoms in total. The van der Waals surface area contributed by atoms with Crippen molar-refractivity contribution in [2.45, 2.75) is 6.10 Å². The zero-order chi connectivity index (χ0) is 12.7.